The fourth-order valence-corrected chi connectivity index (χ4v) is 11.2. The van der Waals surface area contributed by atoms with Crippen molar-refractivity contribution >= 4 is 19.8 Å². The molecule has 10 heteroatoms. The summed E-state index contributed by atoms with van der Waals surface area (Å²) in [5, 5.41) is 0. The summed E-state index contributed by atoms with van der Waals surface area (Å²) in [4.78, 5) is 38.0. The molecule has 9 nitrogen and oxygen atoms in total. The Kier molecular flexibility index (Phi) is 65.9. The molecule has 0 saturated heterocycles. The molecule has 0 aliphatic rings. The molecule has 0 rings (SSSR count). The van der Waals surface area contributed by atoms with Crippen LogP contribution in [0.3, 0.4) is 0 Å². The summed E-state index contributed by atoms with van der Waals surface area (Å²) in [5.41, 5.74) is 0. The second kappa shape index (κ2) is 68.3. The first-order valence-electron chi connectivity index (χ1n) is 36.9. The second-order valence-corrected chi connectivity index (χ2v) is 27.3. The fourth-order valence-electron chi connectivity index (χ4n) is 10.5. The molecule has 0 radical (unpaired) electrons. The van der Waals surface area contributed by atoms with Gasteiger partial charge in [0.05, 0.1) is 27.7 Å². The van der Waals surface area contributed by atoms with Crippen LogP contribution in [-0.2, 0) is 32.7 Å². The highest BCUT2D eigenvalue weighted by atomic mass is 31.2. The first-order chi connectivity index (χ1) is 43.0. The minimum absolute atomic E-state index is 0.0392. The zero-order chi connectivity index (χ0) is 64.1. The Morgan fingerprint density at radius 1 is 0.364 bits per heavy atom. The number of unbranched alkanes of at least 4 members (excludes halogenated alkanes) is 38. The van der Waals surface area contributed by atoms with Crippen LogP contribution in [0, 0.1) is 0 Å². The number of rotatable bonds is 68. The van der Waals surface area contributed by atoms with Gasteiger partial charge >= 0.3 is 11.9 Å². The Hall–Kier alpha value is -3.07. The number of phosphoric ester groups is 1. The van der Waals surface area contributed by atoms with Crippen molar-refractivity contribution in [3.63, 3.8) is 0 Å². The Bertz CT molecular complexity index is 1810. The number of phosphoric acid groups is 1. The van der Waals surface area contributed by atoms with Crippen molar-refractivity contribution in [1.29, 1.82) is 0 Å². The Labute approximate surface area is 544 Å². The smallest absolute Gasteiger partial charge is 0.306 e. The number of hydrogen-bond acceptors (Lipinski definition) is 8. The number of quaternary nitrogens is 1. The van der Waals surface area contributed by atoms with E-state index in [4.69, 9.17) is 18.5 Å². The third kappa shape index (κ3) is 72.0. The molecule has 0 spiro atoms. The predicted octanol–water partition coefficient (Wildman–Crippen LogP) is 23.6. The van der Waals surface area contributed by atoms with Gasteiger partial charge in [-0.25, -0.2) is 0 Å². The second-order valence-electron chi connectivity index (χ2n) is 25.9. The van der Waals surface area contributed by atoms with E-state index in [0.717, 1.165) is 89.9 Å². The van der Waals surface area contributed by atoms with Gasteiger partial charge in [0.25, 0.3) is 7.82 Å². The van der Waals surface area contributed by atoms with Crippen LogP contribution in [0.15, 0.2) is 97.2 Å². The maximum Gasteiger partial charge on any atom is 0.306 e. The monoisotopic (exact) mass is 1250 g/mol. The molecular weight excluding hydrogens is 1110 g/mol. The van der Waals surface area contributed by atoms with Gasteiger partial charge in [0.1, 0.15) is 19.8 Å². The van der Waals surface area contributed by atoms with Gasteiger partial charge in [-0.15, -0.1) is 0 Å². The molecule has 0 amide bonds. The van der Waals surface area contributed by atoms with Crippen LogP contribution in [0.2, 0.25) is 0 Å². The summed E-state index contributed by atoms with van der Waals surface area (Å²) in [7, 11) is 1.15. The quantitative estimate of drug-likeness (QED) is 0.0195. The maximum absolute atomic E-state index is 12.8. The first-order valence-corrected chi connectivity index (χ1v) is 38.4. The van der Waals surface area contributed by atoms with Gasteiger partial charge < -0.3 is 27.9 Å². The molecule has 0 aromatic carbocycles. The van der Waals surface area contributed by atoms with Crippen molar-refractivity contribution in [1.82, 2.24) is 0 Å². The summed E-state index contributed by atoms with van der Waals surface area (Å²) in [6.07, 6.45) is 95.2. The summed E-state index contributed by atoms with van der Waals surface area (Å²) in [5.74, 6) is -0.855. The predicted molar refractivity (Wildman–Crippen MR) is 379 cm³/mol. The van der Waals surface area contributed by atoms with Gasteiger partial charge in [-0.1, -0.05) is 323 Å². The van der Waals surface area contributed by atoms with Crippen LogP contribution in [0.25, 0.3) is 0 Å². The molecule has 0 heterocycles. The lowest BCUT2D eigenvalue weighted by molar-refractivity contribution is -0.870. The molecule has 0 aliphatic heterocycles. The van der Waals surface area contributed by atoms with Crippen molar-refractivity contribution in [2.75, 3.05) is 47.5 Å². The SMILES string of the molecule is CC/C=C\C/C=C\C/C=C\C/C=C\C/C=C\C/C=C\CCCCCCC(=O)OC(COC(=O)CCCCCCCCCCCCCCCCCCCCCCCCCCCCCCC/C=C\C/C=C\CCCCCCC)COP(=O)([O-])OCC[N+](C)(C)C. The maximum atomic E-state index is 12.8. The van der Waals surface area contributed by atoms with Gasteiger partial charge in [0.2, 0.25) is 0 Å². The number of esters is 2. The molecule has 0 bridgehead atoms. The minimum atomic E-state index is -4.65. The molecule has 0 N–H and O–H groups in total. The van der Waals surface area contributed by atoms with E-state index in [1.807, 2.05) is 21.1 Å². The first kappa shape index (κ1) is 84.9. The van der Waals surface area contributed by atoms with Crippen LogP contribution in [0.1, 0.15) is 335 Å². The van der Waals surface area contributed by atoms with Gasteiger partial charge in [-0.2, -0.15) is 0 Å². The number of hydrogen-bond donors (Lipinski definition) is 0. The van der Waals surface area contributed by atoms with Crippen LogP contribution >= 0.6 is 7.82 Å². The zero-order valence-electron chi connectivity index (χ0n) is 58.2. The van der Waals surface area contributed by atoms with Crippen molar-refractivity contribution in [3.8, 4) is 0 Å². The third-order valence-electron chi connectivity index (χ3n) is 16.1. The van der Waals surface area contributed by atoms with Crippen LogP contribution < -0.4 is 4.89 Å². The van der Waals surface area contributed by atoms with Gasteiger partial charge in [0, 0.05) is 12.8 Å². The third-order valence-corrected chi connectivity index (χ3v) is 17.1. The summed E-state index contributed by atoms with van der Waals surface area (Å²) >= 11 is 0. The number of likely N-dealkylation sites (N-methyl/N-ethyl adjacent to an activating group) is 1. The number of carbonyl (C=O) groups excluding carboxylic acids is 2. The lowest BCUT2D eigenvalue weighted by Gasteiger charge is -2.28. The zero-order valence-corrected chi connectivity index (χ0v) is 59.1. The molecule has 2 unspecified atom stereocenters. The average molecular weight is 1250 g/mol. The normalized spacial score (nSPS) is 13.7. The van der Waals surface area contributed by atoms with E-state index in [1.165, 1.54) is 212 Å². The molecule has 510 valence electrons. The standard InChI is InChI=1S/C78H140NO8P/c1-6-8-10-12-14-16-18-20-22-24-26-28-30-31-32-33-34-35-36-37-38-39-40-41-42-43-44-45-46-47-49-50-52-54-56-58-60-62-64-66-68-70-77(80)84-74-76(75-86-88(82,83)85-73-72-79(3,4)5)87-78(81)71-69-67-65-63-61-59-57-55-53-51-48-29-27-25-23-21-19-17-15-13-11-9-7-2/h9,11,15,17-18,20-21,23-24,26-27,29,51,53,57,59,76H,6-8,10,12-14,16,19,22,25,28,30-50,52,54-56,58,60-75H2,1-5H3/b11-9-,17-15-,20-18-,23-21-,26-24-,29-27-,53-51-,59-57-. The fraction of sp³-hybridized carbons (Fsp3) is 0.769. The highest BCUT2D eigenvalue weighted by Gasteiger charge is 2.22. The Morgan fingerprint density at radius 3 is 0.966 bits per heavy atom. The van der Waals surface area contributed by atoms with Crippen molar-refractivity contribution in [3.05, 3.63) is 97.2 Å². The molecule has 0 aliphatic carbocycles. The van der Waals surface area contributed by atoms with Gasteiger partial charge in [-0.05, 0) is 96.3 Å². The van der Waals surface area contributed by atoms with Crippen LogP contribution in [0.5, 0.6) is 0 Å². The molecule has 0 aromatic rings. The molecule has 0 aromatic heterocycles. The lowest BCUT2D eigenvalue weighted by Crippen LogP contribution is -2.37. The number of carbonyl (C=O) groups is 2. The highest BCUT2D eigenvalue weighted by Crippen LogP contribution is 2.38. The van der Waals surface area contributed by atoms with E-state index in [0.29, 0.717) is 17.4 Å². The lowest BCUT2D eigenvalue weighted by atomic mass is 10.0. The molecule has 0 fully saturated rings. The van der Waals surface area contributed by atoms with Crippen molar-refractivity contribution < 1.29 is 42.1 Å². The Morgan fingerprint density at radius 2 is 0.648 bits per heavy atom. The largest absolute Gasteiger partial charge is 0.756 e. The van der Waals surface area contributed by atoms with E-state index < -0.39 is 26.5 Å². The molecule has 2 atom stereocenters. The van der Waals surface area contributed by atoms with Crippen LogP contribution in [-0.4, -0.2) is 70.0 Å². The molecule has 88 heavy (non-hydrogen) atoms. The number of ether oxygens (including phenoxy) is 2. The van der Waals surface area contributed by atoms with Crippen LogP contribution in [0.4, 0.5) is 0 Å². The van der Waals surface area contributed by atoms with Crippen molar-refractivity contribution in [2.45, 2.75) is 341 Å². The Balaban J connectivity index is 3.94. The number of allylic oxidation sites excluding steroid dienone is 16. The molecular formula is C78H140NO8P. The van der Waals surface area contributed by atoms with E-state index in [1.54, 1.807) is 0 Å². The summed E-state index contributed by atoms with van der Waals surface area (Å²) < 4.78 is 34.3. The van der Waals surface area contributed by atoms with E-state index in [2.05, 4.69) is 111 Å². The van der Waals surface area contributed by atoms with Crippen molar-refractivity contribution in [2.24, 2.45) is 0 Å². The summed E-state index contributed by atoms with van der Waals surface area (Å²) in [6, 6.07) is 0. The van der Waals surface area contributed by atoms with E-state index in [9.17, 15) is 19.0 Å². The number of nitrogens with zero attached hydrogens (tertiary/aromatic N) is 1. The summed E-state index contributed by atoms with van der Waals surface area (Å²) in [6.45, 7) is 4.11. The van der Waals surface area contributed by atoms with E-state index in [-0.39, 0.29) is 32.0 Å². The van der Waals surface area contributed by atoms with Gasteiger partial charge in [-0.3, -0.25) is 14.2 Å². The minimum Gasteiger partial charge on any atom is -0.756 e. The highest BCUT2D eigenvalue weighted by molar-refractivity contribution is 7.45. The molecule has 0 saturated carbocycles. The average Bonchev–Trinajstić information content (AvgIpc) is 3.68. The van der Waals surface area contributed by atoms with Gasteiger partial charge in [0.15, 0.2) is 6.10 Å². The van der Waals surface area contributed by atoms with E-state index >= 15 is 0 Å². The topological polar surface area (TPSA) is 111 Å².